The summed E-state index contributed by atoms with van der Waals surface area (Å²) >= 11 is 1.48. The van der Waals surface area contributed by atoms with Crippen LogP contribution >= 0.6 is 11.3 Å². The molecule has 4 rings (SSSR count). The van der Waals surface area contributed by atoms with Gasteiger partial charge < -0.3 is 14.4 Å². The molecule has 0 unspecified atom stereocenters. The van der Waals surface area contributed by atoms with Crippen molar-refractivity contribution >= 4 is 17.2 Å². The Hall–Kier alpha value is -2.62. The molecule has 0 radical (unpaired) electrons. The minimum Gasteiger partial charge on any atom is -0.355 e. The number of carbonyl (C=O) groups is 1. The Balaban J connectivity index is 1.33. The smallest absolute Gasteiger partial charge is 0.273 e. The van der Waals surface area contributed by atoms with Gasteiger partial charge in [0.05, 0.1) is 11.4 Å². The Labute approximate surface area is 156 Å². The molecule has 0 saturated heterocycles. The summed E-state index contributed by atoms with van der Waals surface area (Å²) in [4.78, 5) is 17.3. The number of hydrogen-bond acceptors (Lipinski definition) is 7. The maximum Gasteiger partial charge on any atom is 0.273 e. The minimum absolute atomic E-state index is 0.0237. The van der Waals surface area contributed by atoms with Crippen molar-refractivity contribution in [2.75, 3.05) is 0 Å². The van der Waals surface area contributed by atoms with Crippen molar-refractivity contribution in [1.29, 1.82) is 0 Å². The Morgan fingerprint density at radius 3 is 2.85 bits per heavy atom. The molecule has 27 heavy (non-hydrogen) atoms. The number of hydrogen-bond donors (Lipinski definition) is 1. The lowest BCUT2D eigenvalue weighted by atomic mass is 9.86. The van der Waals surface area contributed by atoms with Gasteiger partial charge in [-0.05, 0) is 24.3 Å². The highest BCUT2D eigenvalue weighted by atomic mass is 32.1. The summed E-state index contributed by atoms with van der Waals surface area (Å²) < 4.78 is 36.8. The first-order chi connectivity index (χ1) is 13.0. The van der Waals surface area contributed by atoms with Crippen molar-refractivity contribution in [3.8, 4) is 10.6 Å². The molecule has 3 aromatic rings. The zero-order chi connectivity index (χ0) is 18.9. The van der Waals surface area contributed by atoms with Gasteiger partial charge in [-0.3, -0.25) is 4.79 Å². The molecule has 0 aliphatic heterocycles. The molecule has 1 amide bonds. The van der Waals surface area contributed by atoms with Gasteiger partial charge in [-0.1, -0.05) is 16.4 Å². The molecule has 1 fully saturated rings. The Bertz CT molecular complexity index is 912. The van der Waals surface area contributed by atoms with Crippen LogP contribution in [0.1, 0.15) is 53.8 Å². The van der Waals surface area contributed by atoms with E-state index in [1.807, 2.05) is 17.5 Å². The van der Waals surface area contributed by atoms with Crippen LogP contribution in [0.25, 0.3) is 10.6 Å². The van der Waals surface area contributed by atoms with Gasteiger partial charge >= 0.3 is 0 Å². The fourth-order valence-electron chi connectivity index (χ4n) is 2.97. The number of nitrogens with zero attached hydrogens (tertiary/aromatic N) is 3. The molecule has 7 nitrogen and oxygen atoms in total. The normalized spacial score (nSPS) is 17.1. The highest BCUT2D eigenvalue weighted by Crippen LogP contribution is 2.39. The van der Waals surface area contributed by atoms with Gasteiger partial charge in [0, 0.05) is 24.8 Å². The maximum atomic E-state index is 13.2. The predicted molar refractivity (Wildman–Crippen MR) is 91.4 cm³/mol. The molecule has 1 N–H and O–H groups in total. The van der Waals surface area contributed by atoms with Gasteiger partial charge in [0.1, 0.15) is 0 Å². The van der Waals surface area contributed by atoms with Crippen LogP contribution in [0.4, 0.5) is 8.78 Å². The van der Waals surface area contributed by atoms with E-state index in [1.54, 1.807) is 6.07 Å². The van der Waals surface area contributed by atoms with Crippen molar-refractivity contribution in [3.05, 3.63) is 41.0 Å². The second-order valence-corrected chi connectivity index (χ2v) is 7.36. The summed E-state index contributed by atoms with van der Waals surface area (Å²) in [7, 11) is 0. The summed E-state index contributed by atoms with van der Waals surface area (Å²) in [5.74, 6) is -2.02. The number of amides is 1. The average molecular weight is 394 g/mol. The monoisotopic (exact) mass is 394 g/mol. The zero-order valence-corrected chi connectivity index (χ0v) is 15.0. The van der Waals surface area contributed by atoms with E-state index in [4.69, 9.17) is 9.05 Å². The van der Waals surface area contributed by atoms with Gasteiger partial charge in [0.25, 0.3) is 5.91 Å². The second-order valence-electron chi connectivity index (χ2n) is 6.41. The molecule has 1 saturated carbocycles. The largest absolute Gasteiger partial charge is 0.355 e. The van der Waals surface area contributed by atoms with Crippen LogP contribution in [0, 0.1) is 0 Å². The lowest BCUT2D eigenvalue weighted by Gasteiger charge is -2.26. The molecule has 10 heteroatoms. The standard InChI is InChI=1S/C17H16F2N4O3S/c18-17(19)5-3-10(4-6-17)15-21-14(26-23-15)9-20-16(24)11-8-12(25-22-11)13-2-1-7-27-13/h1-2,7-8,10H,3-6,9H2,(H,20,24). The molecule has 3 heterocycles. The first-order valence-electron chi connectivity index (χ1n) is 8.49. The average Bonchev–Trinajstić information content (AvgIpc) is 3.40. The van der Waals surface area contributed by atoms with Gasteiger partial charge in [-0.25, -0.2) is 8.78 Å². The lowest BCUT2D eigenvalue weighted by Crippen LogP contribution is -2.24. The van der Waals surface area contributed by atoms with Gasteiger partial charge in [-0.2, -0.15) is 4.98 Å². The fourth-order valence-corrected chi connectivity index (χ4v) is 3.64. The van der Waals surface area contributed by atoms with Crippen molar-refractivity contribution in [2.45, 2.75) is 44.1 Å². The van der Waals surface area contributed by atoms with E-state index < -0.39 is 11.8 Å². The molecule has 0 aromatic carbocycles. The van der Waals surface area contributed by atoms with Crippen molar-refractivity contribution < 1.29 is 22.6 Å². The Morgan fingerprint density at radius 1 is 1.30 bits per heavy atom. The highest BCUT2D eigenvalue weighted by molar-refractivity contribution is 7.13. The van der Waals surface area contributed by atoms with Crippen molar-refractivity contribution in [1.82, 2.24) is 20.6 Å². The molecule has 142 valence electrons. The Morgan fingerprint density at radius 2 is 2.11 bits per heavy atom. The number of halogens is 2. The topological polar surface area (TPSA) is 94.1 Å². The van der Waals surface area contributed by atoms with Crippen LogP contribution < -0.4 is 5.32 Å². The lowest BCUT2D eigenvalue weighted by molar-refractivity contribution is -0.0389. The molecule has 0 spiro atoms. The van der Waals surface area contributed by atoms with Gasteiger partial charge in [0.15, 0.2) is 17.3 Å². The van der Waals surface area contributed by atoms with Crippen LogP contribution in [0.15, 0.2) is 32.6 Å². The summed E-state index contributed by atoms with van der Waals surface area (Å²) in [6.07, 6.45) is 0.305. The first kappa shape index (κ1) is 17.8. The number of rotatable bonds is 5. The maximum absolute atomic E-state index is 13.2. The third-order valence-corrected chi connectivity index (χ3v) is 5.36. The van der Waals surface area contributed by atoms with Crippen LogP contribution in [0.5, 0.6) is 0 Å². The summed E-state index contributed by atoms with van der Waals surface area (Å²) in [6.45, 7) is 0.0237. The number of thiophene rings is 1. The molecule has 1 aliphatic carbocycles. The molecule has 1 aliphatic rings. The molecular formula is C17H16F2N4O3S. The summed E-state index contributed by atoms with van der Waals surface area (Å²) in [5, 5.41) is 12.1. The number of aromatic nitrogens is 3. The number of alkyl halides is 2. The molecule has 0 atom stereocenters. The van der Waals surface area contributed by atoms with Crippen molar-refractivity contribution in [3.63, 3.8) is 0 Å². The van der Waals surface area contributed by atoms with Crippen molar-refractivity contribution in [2.24, 2.45) is 0 Å². The molecule has 0 bridgehead atoms. The van der Waals surface area contributed by atoms with Gasteiger partial charge in [-0.15, -0.1) is 11.3 Å². The summed E-state index contributed by atoms with van der Waals surface area (Å²) in [6, 6.07) is 5.31. The van der Waals surface area contributed by atoms with Crippen LogP contribution in [-0.2, 0) is 6.54 Å². The van der Waals surface area contributed by atoms with E-state index in [2.05, 4.69) is 20.6 Å². The quantitative estimate of drug-likeness (QED) is 0.703. The molecule has 3 aromatic heterocycles. The first-order valence-corrected chi connectivity index (χ1v) is 9.37. The second kappa shape index (κ2) is 7.18. The van der Waals surface area contributed by atoms with E-state index in [0.29, 0.717) is 24.4 Å². The van der Waals surface area contributed by atoms with E-state index in [-0.39, 0.29) is 36.9 Å². The van der Waals surface area contributed by atoms with E-state index in [1.165, 1.54) is 11.3 Å². The van der Waals surface area contributed by atoms with Crippen LogP contribution in [0.3, 0.4) is 0 Å². The van der Waals surface area contributed by atoms with Crippen LogP contribution in [-0.4, -0.2) is 27.1 Å². The predicted octanol–water partition coefficient (Wildman–Crippen LogP) is 4.01. The van der Waals surface area contributed by atoms with Crippen LogP contribution in [0.2, 0.25) is 0 Å². The molecular weight excluding hydrogens is 378 g/mol. The third kappa shape index (κ3) is 4.05. The minimum atomic E-state index is -2.60. The fraction of sp³-hybridized carbons (Fsp3) is 0.412. The Kier molecular flexibility index (Phi) is 4.73. The van der Waals surface area contributed by atoms with E-state index in [9.17, 15) is 13.6 Å². The highest BCUT2D eigenvalue weighted by Gasteiger charge is 2.37. The zero-order valence-electron chi connectivity index (χ0n) is 14.2. The third-order valence-electron chi connectivity index (χ3n) is 4.47. The number of nitrogens with one attached hydrogen (secondary N) is 1. The SMILES string of the molecule is O=C(NCc1nc(C2CCC(F)(F)CC2)no1)c1cc(-c2cccs2)on1. The van der Waals surface area contributed by atoms with Gasteiger partial charge in [0.2, 0.25) is 11.8 Å². The summed E-state index contributed by atoms with van der Waals surface area (Å²) in [5.41, 5.74) is 0.146. The van der Waals surface area contributed by atoms with E-state index >= 15 is 0 Å². The van der Waals surface area contributed by atoms with E-state index in [0.717, 1.165) is 4.88 Å². The number of carbonyl (C=O) groups excluding carboxylic acids is 1.